The van der Waals surface area contributed by atoms with Gasteiger partial charge in [0.1, 0.15) is 12.4 Å². The molecule has 4 rings (SSSR count). The Kier molecular flexibility index (Phi) is 8.46. The Hall–Kier alpha value is -3.01. The summed E-state index contributed by atoms with van der Waals surface area (Å²) in [6.07, 6.45) is 1.82. The topological polar surface area (TPSA) is 79.1 Å². The lowest BCUT2D eigenvalue weighted by Gasteiger charge is -2.25. The molecule has 1 aliphatic heterocycles. The van der Waals surface area contributed by atoms with Crippen LogP contribution < -0.4 is 19.6 Å². The van der Waals surface area contributed by atoms with Crippen molar-refractivity contribution in [3.63, 3.8) is 0 Å². The Morgan fingerprint density at radius 1 is 1.16 bits per heavy atom. The molecule has 0 saturated heterocycles. The highest BCUT2D eigenvalue weighted by Crippen LogP contribution is 2.31. The summed E-state index contributed by atoms with van der Waals surface area (Å²) in [5.41, 5.74) is 3.48. The van der Waals surface area contributed by atoms with Crippen LogP contribution in [0.3, 0.4) is 0 Å². The number of carbonyl (C=O) groups excluding carboxylic acids is 1. The fourth-order valence-corrected chi connectivity index (χ4v) is 5.79. The predicted molar refractivity (Wildman–Crippen MR) is 148 cm³/mol. The first-order valence-corrected chi connectivity index (χ1v) is 13.5. The molecule has 37 heavy (non-hydrogen) atoms. The normalized spacial score (nSPS) is 15.5. The number of esters is 1. The molecule has 7 nitrogen and oxygen atoms in total. The second kappa shape index (κ2) is 11.6. The highest BCUT2D eigenvalue weighted by molar-refractivity contribution is 9.10. The van der Waals surface area contributed by atoms with Crippen LogP contribution in [0.2, 0.25) is 0 Å². The summed E-state index contributed by atoms with van der Waals surface area (Å²) in [4.78, 5) is 32.2. The number of carbonyl (C=O) groups is 1. The summed E-state index contributed by atoms with van der Waals surface area (Å²) in [5.74, 6) is 0.552. The number of allylic oxidation sites excluding steroid dienone is 1. The largest absolute Gasteiger partial charge is 0.496 e. The second-order valence-corrected chi connectivity index (χ2v) is 10.8. The summed E-state index contributed by atoms with van der Waals surface area (Å²) in [7, 11) is 3.15. The van der Waals surface area contributed by atoms with Crippen molar-refractivity contribution in [2.75, 3.05) is 27.4 Å². The first-order chi connectivity index (χ1) is 17.7. The number of nitrogens with zero attached hydrogens (tertiary/aromatic N) is 2. The minimum Gasteiger partial charge on any atom is -0.496 e. The Labute approximate surface area is 227 Å². The summed E-state index contributed by atoms with van der Waals surface area (Å²) >= 11 is 4.79. The number of methoxy groups -OCH3 is 2. The first kappa shape index (κ1) is 27.0. The third kappa shape index (κ3) is 5.63. The number of hydrogen-bond donors (Lipinski definition) is 0. The summed E-state index contributed by atoms with van der Waals surface area (Å²) in [5, 5.41) is 0. The number of ether oxygens (including phenoxy) is 3. The van der Waals surface area contributed by atoms with Gasteiger partial charge in [-0.25, -0.2) is 9.79 Å². The smallest absolute Gasteiger partial charge is 0.338 e. The van der Waals surface area contributed by atoms with Crippen molar-refractivity contribution in [3.05, 3.63) is 94.6 Å². The first-order valence-electron chi connectivity index (χ1n) is 11.9. The minimum absolute atomic E-state index is 0.113. The van der Waals surface area contributed by atoms with Crippen molar-refractivity contribution in [1.82, 2.24) is 4.57 Å². The molecule has 1 unspecified atom stereocenters. The van der Waals surface area contributed by atoms with Gasteiger partial charge in [-0.3, -0.25) is 9.36 Å². The number of rotatable bonds is 8. The standard InChI is InChI=1S/C28H29BrN2O5S/c1-16(2)19-7-9-20(10-8-19)25-24(27(33)36-13-12-34-4)17(3)30-28-31(25)26(32)23(37-28)15-18-6-11-22(35-5)21(29)14-18/h6-11,14-16,25H,12-13H2,1-5H3. The van der Waals surface area contributed by atoms with Gasteiger partial charge in [-0.05, 0) is 63.7 Å². The molecule has 2 aromatic carbocycles. The third-order valence-corrected chi connectivity index (χ3v) is 7.76. The number of fused-ring (bicyclic) bond motifs is 1. The molecule has 0 radical (unpaired) electrons. The van der Waals surface area contributed by atoms with Crippen LogP contribution in [0.1, 0.15) is 49.4 Å². The van der Waals surface area contributed by atoms with Crippen LogP contribution in [0.5, 0.6) is 5.75 Å². The quantitative estimate of drug-likeness (QED) is 0.291. The SMILES string of the molecule is COCCOC(=O)C1=C(C)N=c2sc(=Cc3ccc(OC)c(Br)c3)c(=O)n2C1c1ccc(C(C)C)cc1. The Morgan fingerprint density at radius 3 is 2.51 bits per heavy atom. The van der Waals surface area contributed by atoms with Crippen LogP contribution in [0.25, 0.3) is 6.08 Å². The van der Waals surface area contributed by atoms with Crippen molar-refractivity contribution >= 4 is 39.3 Å². The molecule has 2 heterocycles. The van der Waals surface area contributed by atoms with Gasteiger partial charge in [-0.2, -0.15) is 0 Å². The molecule has 9 heteroatoms. The number of benzene rings is 2. The predicted octanol–water partition coefficient (Wildman–Crippen LogP) is 4.32. The third-order valence-electron chi connectivity index (χ3n) is 6.15. The number of halogens is 1. The molecule has 0 fully saturated rings. The molecule has 1 aliphatic rings. The van der Waals surface area contributed by atoms with E-state index < -0.39 is 12.0 Å². The molecule has 0 bridgehead atoms. The van der Waals surface area contributed by atoms with E-state index in [2.05, 4.69) is 34.8 Å². The van der Waals surface area contributed by atoms with Gasteiger partial charge >= 0.3 is 5.97 Å². The second-order valence-electron chi connectivity index (χ2n) is 8.93. The number of hydrogen-bond acceptors (Lipinski definition) is 7. The maximum Gasteiger partial charge on any atom is 0.338 e. The van der Waals surface area contributed by atoms with Gasteiger partial charge in [0.05, 0.1) is 40.0 Å². The van der Waals surface area contributed by atoms with Gasteiger partial charge in [-0.1, -0.05) is 55.5 Å². The molecular weight excluding hydrogens is 556 g/mol. The maximum atomic E-state index is 13.8. The number of aromatic nitrogens is 1. The van der Waals surface area contributed by atoms with Gasteiger partial charge in [0.2, 0.25) is 0 Å². The van der Waals surface area contributed by atoms with Crippen LogP contribution in [0.4, 0.5) is 0 Å². The highest BCUT2D eigenvalue weighted by atomic mass is 79.9. The van der Waals surface area contributed by atoms with Crippen molar-refractivity contribution in [2.24, 2.45) is 4.99 Å². The van der Waals surface area contributed by atoms with E-state index in [1.54, 1.807) is 25.7 Å². The zero-order valence-corrected chi connectivity index (χ0v) is 23.8. The summed E-state index contributed by atoms with van der Waals surface area (Å²) in [6, 6.07) is 13.0. The van der Waals surface area contributed by atoms with Crippen molar-refractivity contribution in [2.45, 2.75) is 32.7 Å². The fourth-order valence-electron chi connectivity index (χ4n) is 4.18. The van der Waals surface area contributed by atoms with Crippen LogP contribution in [-0.2, 0) is 14.3 Å². The summed E-state index contributed by atoms with van der Waals surface area (Å²) < 4.78 is 18.7. The molecule has 0 N–H and O–H groups in total. The van der Waals surface area contributed by atoms with E-state index in [1.165, 1.54) is 16.9 Å². The lowest BCUT2D eigenvalue weighted by Crippen LogP contribution is -2.40. The number of thiazole rings is 1. The van der Waals surface area contributed by atoms with Gasteiger partial charge in [-0.15, -0.1) is 0 Å². The summed E-state index contributed by atoms with van der Waals surface area (Å²) in [6.45, 7) is 6.42. The van der Waals surface area contributed by atoms with Crippen molar-refractivity contribution in [3.8, 4) is 5.75 Å². The van der Waals surface area contributed by atoms with Crippen LogP contribution >= 0.6 is 27.3 Å². The van der Waals surface area contributed by atoms with Gasteiger partial charge in [0.25, 0.3) is 5.56 Å². The van der Waals surface area contributed by atoms with Crippen LogP contribution in [-0.4, -0.2) is 38.0 Å². The van der Waals surface area contributed by atoms with Crippen molar-refractivity contribution in [1.29, 1.82) is 0 Å². The van der Waals surface area contributed by atoms with E-state index in [0.29, 0.717) is 32.3 Å². The van der Waals surface area contributed by atoms with E-state index in [1.807, 2.05) is 48.5 Å². The lowest BCUT2D eigenvalue weighted by molar-refractivity contribution is -0.140. The lowest BCUT2D eigenvalue weighted by atomic mass is 9.93. The van der Waals surface area contributed by atoms with Gasteiger partial charge < -0.3 is 14.2 Å². The maximum absolute atomic E-state index is 13.8. The van der Waals surface area contributed by atoms with Crippen LogP contribution in [0.15, 0.2) is 68.0 Å². The molecular formula is C28H29BrN2O5S. The van der Waals surface area contributed by atoms with E-state index in [-0.39, 0.29) is 18.8 Å². The zero-order chi connectivity index (χ0) is 26.7. The fraction of sp³-hybridized carbons (Fsp3) is 0.321. The Morgan fingerprint density at radius 2 is 1.89 bits per heavy atom. The molecule has 0 saturated carbocycles. The monoisotopic (exact) mass is 584 g/mol. The average Bonchev–Trinajstić information content (AvgIpc) is 3.17. The molecule has 0 amide bonds. The minimum atomic E-state index is -0.655. The van der Waals surface area contributed by atoms with Crippen molar-refractivity contribution < 1.29 is 19.0 Å². The van der Waals surface area contributed by atoms with Gasteiger partial charge in [0, 0.05) is 7.11 Å². The molecule has 1 atom stereocenters. The molecule has 194 valence electrons. The van der Waals surface area contributed by atoms with E-state index >= 15 is 0 Å². The Bertz CT molecular complexity index is 1520. The average molecular weight is 586 g/mol. The van der Waals surface area contributed by atoms with E-state index in [0.717, 1.165) is 15.6 Å². The van der Waals surface area contributed by atoms with E-state index in [9.17, 15) is 9.59 Å². The van der Waals surface area contributed by atoms with Gasteiger partial charge in [0.15, 0.2) is 4.80 Å². The zero-order valence-electron chi connectivity index (χ0n) is 21.4. The molecule has 0 spiro atoms. The van der Waals surface area contributed by atoms with E-state index in [4.69, 9.17) is 14.2 Å². The molecule has 0 aliphatic carbocycles. The molecule has 1 aromatic heterocycles. The van der Waals surface area contributed by atoms with Crippen LogP contribution in [0, 0.1) is 0 Å². The Balaban J connectivity index is 1.87. The molecule has 3 aromatic rings. The highest BCUT2D eigenvalue weighted by Gasteiger charge is 2.33.